The van der Waals surface area contributed by atoms with E-state index in [-0.39, 0.29) is 29.2 Å². The predicted molar refractivity (Wildman–Crippen MR) is 126 cm³/mol. The van der Waals surface area contributed by atoms with Gasteiger partial charge >= 0.3 is 0 Å². The maximum atomic E-state index is 13.3. The fourth-order valence-electron chi connectivity index (χ4n) is 4.54. The Morgan fingerprint density at radius 2 is 2.15 bits per heavy atom. The SMILES string of the molecule is CNc1cc(Nc2cccn(C3CC(F)C3)c2=O)nc2c(C(=O)NC3CC[C@@]3(C)OC)cnn12. The van der Waals surface area contributed by atoms with Gasteiger partial charge in [0, 0.05) is 32.5 Å². The second-order valence-electron chi connectivity index (χ2n) is 9.13. The van der Waals surface area contributed by atoms with Crippen LogP contribution in [0.4, 0.5) is 21.7 Å². The summed E-state index contributed by atoms with van der Waals surface area (Å²) in [6.45, 7) is 1.97. The first kappa shape index (κ1) is 22.3. The Bertz CT molecular complexity index is 1300. The molecule has 0 spiro atoms. The van der Waals surface area contributed by atoms with Crippen molar-refractivity contribution in [2.45, 2.75) is 56.5 Å². The summed E-state index contributed by atoms with van der Waals surface area (Å²) in [5.41, 5.74) is 0.354. The van der Waals surface area contributed by atoms with Gasteiger partial charge in [0.1, 0.15) is 29.1 Å². The van der Waals surface area contributed by atoms with Gasteiger partial charge in [0.15, 0.2) is 5.65 Å². The van der Waals surface area contributed by atoms with Crippen LogP contribution < -0.4 is 21.5 Å². The molecule has 0 bridgehead atoms. The van der Waals surface area contributed by atoms with E-state index >= 15 is 0 Å². The van der Waals surface area contributed by atoms with E-state index in [0.717, 1.165) is 12.8 Å². The first-order chi connectivity index (χ1) is 16.3. The third-order valence-electron chi connectivity index (χ3n) is 7.10. The molecule has 34 heavy (non-hydrogen) atoms. The molecule has 0 saturated heterocycles. The second kappa shape index (κ2) is 8.39. The van der Waals surface area contributed by atoms with E-state index in [2.05, 4.69) is 26.0 Å². The minimum absolute atomic E-state index is 0.0942. The third kappa shape index (κ3) is 3.69. The number of hydrogen-bond acceptors (Lipinski definition) is 7. The van der Waals surface area contributed by atoms with Gasteiger partial charge in [0.25, 0.3) is 11.5 Å². The average molecular weight is 470 g/mol. The summed E-state index contributed by atoms with van der Waals surface area (Å²) >= 11 is 0. The number of methoxy groups -OCH3 is 1. The molecule has 2 atom stereocenters. The molecule has 1 unspecified atom stereocenters. The minimum Gasteiger partial charge on any atom is -0.376 e. The Balaban J connectivity index is 1.45. The number of ether oxygens (including phenoxy) is 1. The Kier molecular flexibility index (Phi) is 5.51. The minimum atomic E-state index is -0.857. The van der Waals surface area contributed by atoms with Gasteiger partial charge in [-0.05, 0) is 44.7 Å². The number of amides is 1. The zero-order valence-corrected chi connectivity index (χ0v) is 19.3. The van der Waals surface area contributed by atoms with Crippen LogP contribution >= 0.6 is 0 Å². The number of hydrogen-bond donors (Lipinski definition) is 3. The van der Waals surface area contributed by atoms with Crippen molar-refractivity contribution >= 4 is 28.9 Å². The largest absolute Gasteiger partial charge is 0.376 e. The van der Waals surface area contributed by atoms with Crippen LogP contribution in [-0.2, 0) is 4.74 Å². The van der Waals surface area contributed by atoms with E-state index < -0.39 is 6.17 Å². The number of pyridine rings is 1. The van der Waals surface area contributed by atoms with Crippen molar-refractivity contribution in [3.05, 3.63) is 46.5 Å². The highest BCUT2D eigenvalue weighted by Gasteiger charge is 2.44. The molecule has 3 aromatic heterocycles. The lowest BCUT2D eigenvalue weighted by Crippen LogP contribution is -2.59. The van der Waals surface area contributed by atoms with E-state index in [1.54, 1.807) is 43.1 Å². The van der Waals surface area contributed by atoms with Gasteiger partial charge in [-0.2, -0.15) is 9.61 Å². The van der Waals surface area contributed by atoms with Crippen LogP contribution in [0.3, 0.4) is 0 Å². The Morgan fingerprint density at radius 3 is 2.79 bits per heavy atom. The number of rotatable bonds is 7. The number of aromatic nitrogens is 4. The normalized spacial score (nSPS) is 25.9. The molecule has 0 aliphatic heterocycles. The Hall–Kier alpha value is -3.47. The molecule has 180 valence electrons. The van der Waals surface area contributed by atoms with Crippen LogP contribution in [-0.4, -0.2) is 57.0 Å². The number of alkyl halides is 1. The molecule has 2 aliphatic rings. The lowest BCUT2D eigenvalue weighted by molar-refractivity contribution is -0.0828. The topological polar surface area (TPSA) is 115 Å². The summed E-state index contributed by atoms with van der Waals surface area (Å²) in [4.78, 5) is 30.6. The molecular weight excluding hydrogens is 441 g/mol. The number of nitrogens with zero attached hydrogens (tertiary/aromatic N) is 4. The van der Waals surface area contributed by atoms with Crippen LogP contribution in [0.5, 0.6) is 0 Å². The van der Waals surface area contributed by atoms with Crippen molar-refractivity contribution in [2.24, 2.45) is 0 Å². The smallest absolute Gasteiger partial charge is 0.274 e. The van der Waals surface area contributed by atoms with Crippen LogP contribution in [0.1, 0.15) is 49.0 Å². The van der Waals surface area contributed by atoms with E-state index in [9.17, 15) is 14.0 Å². The van der Waals surface area contributed by atoms with Gasteiger partial charge in [-0.3, -0.25) is 9.59 Å². The van der Waals surface area contributed by atoms with Crippen LogP contribution in [0.15, 0.2) is 35.4 Å². The zero-order valence-electron chi connectivity index (χ0n) is 19.3. The van der Waals surface area contributed by atoms with Crippen molar-refractivity contribution in [1.29, 1.82) is 0 Å². The van der Waals surface area contributed by atoms with Crippen LogP contribution in [0, 0.1) is 0 Å². The third-order valence-corrected chi connectivity index (χ3v) is 7.10. The summed E-state index contributed by atoms with van der Waals surface area (Å²) in [6, 6.07) is 4.87. The van der Waals surface area contributed by atoms with Crippen molar-refractivity contribution in [3.63, 3.8) is 0 Å². The molecule has 2 fully saturated rings. The highest BCUT2D eigenvalue weighted by molar-refractivity contribution is 6.00. The van der Waals surface area contributed by atoms with E-state index in [1.807, 2.05) is 6.92 Å². The lowest BCUT2D eigenvalue weighted by Gasteiger charge is -2.45. The summed E-state index contributed by atoms with van der Waals surface area (Å²) < 4.78 is 21.9. The fourth-order valence-corrected chi connectivity index (χ4v) is 4.54. The maximum absolute atomic E-state index is 13.3. The van der Waals surface area contributed by atoms with Gasteiger partial charge in [-0.15, -0.1) is 0 Å². The van der Waals surface area contributed by atoms with Gasteiger partial charge in [0.2, 0.25) is 0 Å². The predicted octanol–water partition coefficient (Wildman–Crippen LogP) is 2.65. The maximum Gasteiger partial charge on any atom is 0.274 e. The van der Waals surface area contributed by atoms with Gasteiger partial charge in [-0.1, -0.05) is 0 Å². The van der Waals surface area contributed by atoms with Gasteiger partial charge in [0.05, 0.1) is 17.8 Å². The highest BCUT2D eigenvalue weighted by atomic mass is 19.1. The second-order valence-corrected chi connectivity index (χ2v) is 9.13. The zero-order chi connectivity index (χ0) is 24.0. The summed E-state index contributed by atoms with van der Waals surface area (Å²) in [5.74, 6) is 0.679. The molecule has 3 heterocycles. The molecule has 1 amide bonds. The number of halogens is 1. The molecule has 10 nitrogen and oxygen atoms in total. The molecule has 2 saturated carbocycles. The van der Waals surface area contributed by atoms with Gasteiger partial charge in [-0.25, -0.2) is 9.37 Å². The van der Waals surface area contributed by atoms with Crippen LogP contribution in [0.2, 0.25) is 0 Å². The number of fused-ring (bicyclic) bond motifs is 1. The molecule has 3 aromatic rings. The fraction of sp³-hybridized carbons (Fsp3) is 0.478. The Labute approximate surface area is 195 Å². The number of carbonyl (C=O) groups excluding carboxylic acids is 1. The van der Waals surface area contributed by atoms with Crippen molar-refractivity contribution < 1.29 is 13.9 Å². The molecule has 3 N–H and O–H groups in total. The summed E-state index contributed by atoms with van der Waals surface area (Å²) in [7, 11) is 3.38. The molecule has 0 aromatic carbocycles. The molecule has 5 rings (SSSR count). The van der Waals surface area contributed by atoms with E-state index in [0.29, 0.717) is 41.4 Å². The number of carbonyl (C=O) groups is 1. The van der Waals surface area contributed by atoms with Crippen molar-refractivity contribution in [2.75, 3.05) is 24.8 Å². The van der Waals surface area contributed by atoms with Crippen LogP contribution in [0.25, 0.3) is 5.65 Å². The quantitative estimate of drug-likeness (QED) is 0.487. The van der Waals surface area contributed by atoms with Gasteiger partial charge < -0.3 is 25.3 Å². The average Bonchev–Trinajstić information content (AvgIpc) is 3.24. The lowest BCUT2D eigenvalue weighted by atomic mass is 9.76. The van der Waals surface area contributed by atoms with E-state index in [1.165, 1.54) is 10.7 Å². The first-order valence-electron chi connectivity index (χ1n) is 11.4. The molecule has 0 radical (unpaired) electrons. The number of anilines is 3. The van der Waals surface area contributed by atoms with E-state index in [4.69, 9.17) is 4.74 Å². The standard InChI is InChI=1S/C23H28FN7O3/c1-23(34-3)7-6-17(23)28-21(32)15-12-26-31-19(25-2)11-18(29-20(15)31)27-16-5-4-8-30(22(16)33)14-9-13(24)10-14/h4-5,8,11-14,17,25H,6-7,9-10H2,1-3H3,(H,27,29)(H,28,32)/t13?,14?,17?,23-/m1/s1. The molecular formula is C23H28FN7O3. The van der Waals surface area contributed by atoms with Crippen molar-refractivity contribution in [3.8, 4) is 0 Å². The van der Waals surface area contributed by atoms with Crippen molar-refractivity contribution in [1.82, 2.24) is 24.5 Å². The summed E-state index contributed by atoms with van der Waals surface area (Å²) in [6.07, 6.45) is 4.69. The number of nitrogens with one attached hydrogen (secondary N) is 3. The first-order valence-corrected chi connectivity index (χ1v) is 11.4. The highest BCUT2D eigenvalue weighted by Crippen LogP contribution is 2.35. The molecule has 2 aliphatic carbocycles. The Morgan fingerprint density at radius 1 is 1.35 bits per heavy atom. The summed E-state index contributed by atoms with van der Waals surface area (Å²) in [5, 5.41) is 13.4. The monoisotopic (exact) mass is 469 g/mol. The molecule has 11 heteroatoms.